The molecule has 1 aromatic rings. The van der Waals surface area contributed by atoms with Crippen molar-refractivity contribution in [1.82, 2.24) is 0 Å². The van der Waals surface area contributed by atoms with Crippen molar-refractivity contribution in [1.29, 1.82) is 0 Å². The summed E-state index contributed by atoms with van der Waals surface area (Å²) >= 11 is 13.4. The minimum atomic E-state index is -0.335. The molecule has 2 nitrogen and oxygen atoms in total. The lowest BCUT2D eigenvalue weighted by Crippen LogP contribution is -2.26. The van der Waals surface area contributed by atoms with E-state index in [0.29, 0.717) is 5.88 Å². The molecule has 2 rings (SSSR count). The van der Waals surface area contributed by atoms with E-state index in [-0.39, 0.29) is 5.60 Å². The molecule has 1 aliphatic rings. The van der Waals surface area contributed by atoms with Gasteiger partial charge in [-0.15, -0.1) is 23.4 Å². The Morgan fingerprint density at radius 1 is 1.53 bits per heavy atom. The van der Waals surface area contributed by atoms with E-state index in [0.717, 1.165) is 22.2 Å². The highest BCUT2D eigenvalue weighted by molar-refractivity contribution is 8.13. The molecule has 0 radical (unpaired) electrons. The van der Waals surface area contributed by atoms with E-state index in [2.05, 4.69) is 11.2 Å². The van der Waals surface area contributed by atoms with Gasteiger partial charge in [0.15, 0.2) is 5.60 Å². The Labute approximate surface area is 115 Å². The Morgan fingerprint density at radius 2 is 2.35 bits per heavy atom. The molecule has 1 aromatic carbocycles. The molecule has 0 spiro atoms. The van der Waals surface area contributed by atoms with Crippen LogP contribution in [0.25, 0.3) is 0 Å². The van der Waals surface area contributed by atoms with Crippen LogP contribution >= 0.6 is 35.0 Å². The van der Waals surface area contributed by atoms with Crippen LogP contribution in [-0.4, -0.2) is 16.5 Å². The molecule has 1 unspecified atom stereocenters. The molecule has 0 fully saturated rings. The molecule has 0 N–H and O–H groups in total. The van der Waals surface area contributed by atoms with Crippen LogP contribution in [-0.2, 0) is 10.6 Å². The van der Waals surface area contributed by atoms with Gasteiger partial charge < -0.3 is 4.84 Å². The molecule has 17 heavy (non-hydrogen) atoms. The predicted molar refractivity (Wildman–Crippen MR) is 75.0 cm³/mol. The zero-order chi connectivity index (χ0) is 12.3. The van der Waals surface area contributed by atoms with E-state index in [9.17, 15) is 0 Å². The molecule has 1 atom stereocenters. The zero-order valence-corrected chi connectivity index (χ0v) is 11.8. The van der Waals surface area contributed by atoms with Crippen LogP contribution in [0.3, 0.4) is 0 Å². The molecular weight excluding hydrogens is 277 g/mol. The molecule has 0 aromatic heterocycles. The first-order valence-corrected chi connectivity index (χ1v) is 7.19. The summed E-state index contributed by atoms with van der Waals surface area (Å²) in [7, 11) is 0. The van der Waals surface area contributed by atoms with E-state index in [1.54, 1.807) is 11.8 Å². The molecular formula is C12H13Cl2NOS. The van der Waals surface area contributed by atoms with Gasteiger partial charge in [0.05, 0.1) is 5.88 Å². The number of hydrogen-bond donors (Lipinski definition) is 0. The normalized spacial score (nSPS) is 23.4. The summed E-state index contributed by atoms with van der Waals surface area (Å²) in [6, 6.07) is 7.84. The Bertz CT molecular complexity index is 438. The van der Waals surface area contributed by atoms with Crippen molar-refractivity contribution in [3.63, 3.8) is 0 Å². The van der Waals surface area contributed by atoms with Crippen LogP contribution in [0.2, 0.25) is 5.02 Å². The zero-order valence-electron chi connectivity index (χ0n) is 9.45. The van der Waals surface area contributed by atoms with Crippen LogP contribution in [0.4, 0.5) is 0 Å². The van der Waals surface area contributed by atoms with E-state index >= 15 is 0 Å². The summed E-state index contributed by atoms with van der Waals surface area (Å²) in [5.41, 5.74) is 0.850. The van der Waals surface area contributed by atoms with Gasteiger partial charge in [0.2, 0.25) is 0 Å². The minimum Gasteiger partial charge on any atom is -0.387 e. The first kappa shape index (κ1) is 13.1. The predicted octanol–water partition coefficient (Wildman–Crippen LogP) is 4.30. The smallest absolute Gasteiger partial charge is 0.154 e. The number of oxime groups is 1. The van der Waals surface area contributed by atoms with Crippen molar-refractivity contribution < 1.29 is 4.84 Å². The summed E-state index contributed by atoms with van der Waals surface area (Å²) in [5.74, 6) is 1.30. The fourth-order valence-corrected chi connectivity index (χ4v) is 2.85. The fraction of sp³-hybridized carbons (Fsp3) is 0.417. The van der Waals surface area contributed by atoms with Crippen molar-refractivity contribution in [3.05, 3.63) is 34.9 Å². The molecule has 1 heterocycles. The molecule has 0 bridgehead atoms. The van der Waals surface area contributed by atoms with E-state index in [1.807, 2.05) is 25.1 Å². The third kappa shape index (κ3) is 3.54. The van der Waals surface area contributed by atoms with Gasteiger partial charge in [-0.2, -0.15) is 0 Å². The maximum atomic E-state index is 5.93. The number of benzene rings is 1. The molecule has 0 amide bonds. The van der Waals surface area contributed by atoms with Gasteiger partial charge in [0.1, 0.15) is 5.04 Å². The van der Waals surface area contributed by atoms with Gasteiger partial charge >= 0.3 is 0 Å². The number of alkyl halides is 1. The quantitative estimate of drug-likeness (QED) is 0.774. The van der Waals surface area contributed by atoms with Gasteiger partial charge in [-0.1, -0.05) is 28.9 Å². The lowest BCUT2D eigenvalue weighted by atomic mass is 10.1. The van der Waals surface area contributed by atoms with Gasteiger partial charge in [-0.3, -0.25) is 0 Å². The Balaban J connectivity index is 1.88. The maximum absolute atomic E-state index is 5.93. The van der Waals surface area contributed by atoms with E-state index in [4.69, 9.17) is 28.0 Å². The SMILES string of the molecule is CC1(CCl)CC(SCc2cccc(Cl)c2)=NO1. The Kier molecular flexibility index (Phi) is 4.23. The van der Waals surface area contributed by atoms with Gasteiger partial charge in [0, 0.05) is 17.2 Å². The summed E-state index contributed by atoms with van der Waals surface area (Å²) in [4.78, 5) is 5.32. The lowest BCUT2D eigenvalue weighted by molar-refractivity contribution is 0.0152. The number of rotatable bonds is 3. The van der Waals surface area contributed by atoms with Crippen LogP contribution in [0.1, 0.15) is 18.9 Å². The number of halogens is 2. The van der Waals surface area contributed by atoms with Crippen LogP contribution in [0.15, 0.2) is 29.4 Å². The van der Waals surface area contributed by atoms with E-state index in [1.165, 1.54) is 5.56 Å². The second-order valence-electron chi connectivity index (χ2n) is 4.26. The summed E-state index contributed by atoms with van der Waals surface area (Å²) in [5, 5.41) is 5.82. The first-order chi connectivity index (χ1) is 8.11. The van der Waals surface area contributed by atoms with Crippen molar-refractivity contribution in [3.8, 4) is 0 Å². The highest BCUT2D eigenvalue weighted by Crippen LogP contribution is 2.30. The third-order valence-electron chi connectivity index (χ3n) is 2.47. The average molecular weight is 290 g/mol. The van der Waals surface area contributed by atoms with Crippen molar-refractivity contribution in [2.45, 2.75) is 24.7 Å². The number of hydrogen-bond acceptors (Lipinski definition) is 3. The van der Waals surface area contributed by atoms with Gasteiger partial charge in [0.25, 0.3) is 0 Å². The van der Waals surface area contributed by atoms with Crippen LogP contribution < -0.4 is 0 Å². The van der Waals surface area contributed by atoms with Crippen LogP contribution in [0, 0.1) is 0 Å². The molecule has 0 saturated heterocycles. The van der Waals surface area contributed by atoms with Gasteiger partial charge in [-0.05, 0) is 24.6 Å². The molecule has 0 aliphatic carbocycles. The monoisotopic (exact) mass is 289 g/mol. The molecule has 1 aliphatic heterocycles. The molecule has 0 saturated carbocycles. The Morgan fingerprint density at radius 3 is 3.00 bits per heavy atom. The summed E-state index contributed by atoms with van der Waals surface area (Å²) in [6.45, 7) is 1.97. The highest BCUT2D eigenvalue weighted by atomic mass is 35.5. The first-order valence-electron chi connectivity index (χ1n) is 5.29. The number of thioether (sulfide) groups is 1. The second-order valence-corrected chi connectivity index (χ2v) is 6.01. The Hall–Kier alpha value is -0.380. The van der Waals surface area contributed by atoms with Crippen molar-refractivity contribution in [2.24, 2.45) is 5.16 Å². The summed E-state index contributed by atoms with van der Waals surface area (Å²) < 4.78 is 0. The molecule has 92 valence electrons. The minimum absolute atomic E-state index is 0.335. The van der Waals surface area contributed by atoms with Crippen LogP contribution in [0.5, 0.6) is 0 Å². The lowest BCUT2D eigenvalue weighted by Gasteiger charge is -2.16. The van der Waals surface area contributed by atoms with E-state index < -0.39 is 0 Å². The van der Waals surface area contributed by atoms with Crippen molar-refractivity contribution in [2.75, 3.05) is 5.88 Å². The topological polar surface area (TPSA) is 21.6 Å². The summed E-state index contributed by atoms with van der Waals surface area (Å²) in [6.07, 6.45) is 0.779. The second kappa shape index (κ2) is 5.51. The molecule has 5 heteroatoms. The third-order valence-corrected chi connectivity index (χ3v) is 4.30. The fourth-order valence-electron chi connectivity index (χ4n) is 1.49. The van der Waals surface area contributed by atoms with Crippen molar-refractivity contribution >= 4 is 40.0 Å². The largest absolute Gasteiger partial charge is 0.387 e. The average Bonchev–Trinajstić information content (AvgIpc) is 2.70. The highest BCUT2D eigenvalue weighted by Gasteiger charge is 2.33. The van der Waals surface area contributed by atoms with Gasteiger partial charge in [-0.25, -0.2) is 0 Å². The standard InChI is InChI=1S/C12H13Cl2NOS/c1-12(8-13)6-11(15-16-12)17-7-9-3-2-4-10(14)5-9/h2-5H,6-8H2,1H3. The maximum Gasteiger partial charge on any atom is 0.154 e. The number of nitrogens with zero attached hydrogens (tertiary/aromatic N) is 1.